The van der Waals surface area contributed by atoms with Crippen molar-refractivity contribution in [3.8, 4) is 0 Å². The smallest absolute Gasteiger partial charge is 0.309 e. The number of para-hydroxylation sites is 1. The third-order valence-electron chi connectivity index (χ3n) is 6.16. The van der Waals surface area contributed by atoms with Gasteiger partial charge in [-0.15, -0.1) is 11.3 Å². The number of aromatic amines is 1. The number of hydrogen-bond acceptors (Lipinski definition) is 5. The molecule has 1 aromatic carbocycles. The molecule has 2 amide bonds. The van der Waals surface area contributed by atoms with Crippen LogP contribution >= 0.6 is 11.3 Å². The van der Waals surface area contributed by atoms with Crippen LogP contribution in [0, 0.1) is 0 Å². The molecule has 8 heteroatoms. The van der Waals surface area contributed by atoms with E-state index < -0.39 is 11.8 Å². The van der Waals surface area contributed by atoms with Crippen LogP contribution in [-0.2, 0) is 16.0 Å². The van der Waals surface area contributed by atoms with Gasteiger partial charge in [0.25, 0.3) is 0 Å². The third-order valence-corrected chi connectivity index (χ3v) is 7.10. The topological polar surface area (TPSA) is 80.5 Å². The minimum Gasteiger partial charge on any atom is -0.361 e. The Labute approximate surface area is 192 Å². The fraction of sp³-hybridized carbons (Fsp3) is 0.417. The maximum atomic E-state index is 12.6. The molecule has 1 aliphatic rings. The zero-order valence-corrected chi connectivity index (χ0v) is 19.5. The van der Waals surface area contributed by atoms with Crippen LogP contribution in [0.15, 0.2) is 48.0 Å². The summed E-state index contributed by atoms with van der Waals surface area (Å²) in [5.74, 6) is -1.16. The molecule has 2 aromatic heterocycles. The van der Waals surface area contributed by atoms with Crippen molar-refractivity contribution >= 4 is 34.1 Å². The van der Waals surface area contributed by atoms with E-state index in [0.717, 1.165) is 42.6 Å². The van der Waals surface area contributed by atoms with E-state index in [4.69, 9.17) is 0 Å². The quantitative estimate of drug-likeness (QED) is 0.480. The Morgan fingerprint density at radius 2 is 1.88 bits per heavy atom. The van der Waals surface area contributed by atoms with Crippen molar-refractivity contribution in [1.29, 1.82) is 0 Å². The summed E-state index contributed by atoms with van der Waals surface area (Å²) in [7, 11) is 2.13. The van der Waals surface area contributed by atoms with Gasteiger partial charge in [0.15, 0.2) is 0 Å². The second-order valence-electron chi connectivity index (χ2n) is 8.43. The van der Waals surface area contributed by atoms with Crippen LogP contribution in [0.25, 0.3) is 10.9 Å². The molecular formula is C24H31N5O2S. The summed E-state index contributed by atoms with van der Waals surface area (Å²) in [5.41, 5.74) is 2.20. The van der Waals surface area contributed by atoms with Crippen LogP contribution in [0.1, 0.15) is 23.4 Å². The molecule has 3 heterocycles. The maximum absolute atomic E-state index is 12.6. The Morgan fingerprint density at radius 1 is 1.09 bits per heavy atom. The van der Waals surface area contributed by atoms with E-state index >= 15 is 0 Å². The van der Waals surface area contributed by atoms with Gasteiger partial charge in [-0.25, -0.2) is 0 Å². The Bertz CT molecular complexity index is 1040. The molecule has 0 radical (unpaired) electrons. The lowest BCUT2D eigenvalue weighted by atomic mass is 10.0. The van der Waals surface area contributed by atoms with Gasteiger partial charge in [0, 0.05) is 60.7 Å². The van der Waals surface area contributed by atoms with Crippen molar-refractivity contribution in [1.82, 2.24) is 25.4 Å². The Hall–Kier alpha value is -2.68. The largest absolute Gasteiger partial charge is 0.361 e. The van der Waals surface area contributed by atoms with Crippen molar-refractivity contribution in [3.63, 3.8) is 0 Å². The van der Waals surface area contributed by atoms with Gasteiger partial charge in [0.05, 0.1) is 6.04 Å². The predicted molar refractivity (Wildman–Crippen MR) is 129 cm³/mol. The number of fused-ring (bicyclic) bond motifs is 1. The molecule has 4 rings (SSSR count). The highest BCUT2D eigenvalue weighted by atomic mass is 32.1. The maximum Gasteiger partial charge on any atom is 0.309 e. The van der Waals surface area contributed by atoms with Crippen LogP contribution in [0.2, 0.25) is 0 Å². The fourth-order valence-electron chi connectivity index (χ4n) is 4.38. The zero-order valence-electron chi connectivity index (χ0n) is 18.6. The number of benzene rings is 1. The van der Waals surface area contributed by atoms with Crippen LogP contribution in [0.4, 0.5) is 0 Å². The first kappa shape index (κ1) is 22.5. The highest BCUT2D eigenvalue weighted by Gasteiger charge is 2.31. The molecule has 3 N–H and O–H groups in total. The molecule has 0 bridgehead atoms. The Balaban J connectivity index is 1.32. The number of piperazine rings is 1. The summed E-state index contributed by atoms with van der Waals surface area (Å²) >= 11 is 1.69. The first-order valence-electron chi connectivity index (χ1n) is 11.1. The van der Waals surface area contributed by atoms with Crippen molar-refractivity contribution in [2.45, 2.75) is 25.4 Å². The first-order chi connectivity index (χ1) is 15.5. The standard InChI is InChI=1S/C24H31N5O2S/c1-17(22(21-8-5-15-32-21)29-13-11-28(2)12-14-29)27-24(31)23(30)25-10-9-18-16-26-20-7-4-3-6-19(18)20/h3-8,15-17,22,26H,9-14H2,1-2H3,(H,25,30)(H,27,31)/t17-,22+/m1/s1. The molecule has 2 atom stereocenters. The fourth-order valence-corrected chi connectivity index (χ4v) is 5.35. The number of thiophene rings is 1. The molecule has 0 aliphatic carbocycles. The van der Waals surface area contributed by atoms with E-state index in [0.29, 0.717) is 13.0 Å². The molecule has 1 aliphatic heterocycles. The van der Waals surface area contributed by atoms with Gasteiger partial charge in [-0.1, -0.05) is 24.3 Å². The lowest BCUT2D eigenvalue weighted by Gasteiger charge is -2.40. The number of likely N-dealkylation sites (N-methyl/N-ethyl adjacent to an activating group) is 1. The normalized spacial score (nSPS) is 17.2. The zero-order chi connectivity index (χ0) is 22.5. The second kappa shape index (κ2) is 10.3. The Morgan fingerprint density at radius 3 is 2.62 bits per heavy atom. The molecule has 170 valence electrons. The second-order valence-corrected chi connectivity index (χ2v) is 9.41. The summed E-state index contributed by atoms with van der Waals surface area (Å²) in [6.07, 6.45) is 2.62. The van der Waals surface area contributed by atoms with E-state index in [2.05, 4.69) is 50.0 Å². The summed E-state index contributed by atoms with van der Waals surface area (Å²) in [6, 6.07) is 12.1. The van der Waals surface area contributed by atoms with Crippen molar-refractivity contribution in [2.75, 3.05) is 39.8 Å². The molecule has 7 nitrogen and oxygen atoms in total. The van der Waals surface area contributed by atoms with Crippen molar-refractivity contribution in [3.05, 3.63) is 58.4 Å². The van der Waals surface area contributed by atoms with Gasteiger partial charge in [-0.3, -0.25) is 14.5 Å². The van der Waals surface area contributed by atoms with Crippen molar-refractivity contribution < 1.29 is 9.59 Å². The lowest BCUT2D eigenvalue weighted by Crippen LogP contribution is -2.53. The van der Waals surface area contributed by atoms with Gasteiger partial charge >= 0.3 is 11.8 Å². The van der Waals surface area contributed by atoms with Crippen LogP contribution in [0.3, 0.4) is 0 Å². The number of hydrogen-bond donors (Lipinski definition) is 3. The van der Waals surface area contributed by atoms with E-state index in [-0.39, 0.29) is 12.1 Å². The van der Waals surface area contributed by atoms with E-state index in [9.17, 15) is 9.59 Å². The molecule has 0 saturated carbocycles. The van der Waals surface area contributed by atoms with Crippen LogP contribution < -0.4 is 10.6 Å². The average Bonchev–Trinajstić information content (AvgIpc) is 3.46. The van der Waals surface area contributed by atoms with Crippen LogP contribution in [0.5, 0.6) is 0 Å². The third kappa shape index (κ3) is 5.20. The van der Waals surface area contributed by atoms with Gasteiger partial charge in [-0.2, -0.15) is 0 Å². The molecular weight excluding hydrogens is 422 g/mol. The summed E-state index contributed by atoms with van der Waals surface area (Å²) in [6.45, 7) is 6.27. The number of carbonyl (C=O) groups excluding carboxylic acids is 2. The molecule has 3 aromatic rings. The number of H-pyrrole nitrogens is 1. The number of amides is 2. The average molecular weight is 454 g/mol. The first-order valence-corrected chi connectivity index (χ1v) is 12.0. The lowest BCUT2D eigenvalue weighted by molar-refractivity contribution is -0.139. The summed E-state index contributed by atoms with van der Waals surface area (Å²) < 4.78 is 0. The van der Waals surface area contributed by atoms with Gasteiger partial charge in [0.1, 0.15) is 0 Å². The predicted octanol–water partition coefficient (Wildman–Crippen LogP) is 2.38. The molecule has 1 fully saturated rings. The van der Waals surface area contributed by atoms with Crippen molar-refractivity contribution in [2.24, 2.45) is 0 Å². The molecule has 32 heavy (non-hydrogen) atoms. The summed E-state index contributed by atoms with van der Waals surface area (Å²) in [4.78, 5) is 34.2. The number of aromatic nitrogens is 1. The van der Waals surface area contributed by atoms with E-state index in [1.807, 2.05) is 37.4 Å². The van der Waals surface area contributed by atoms with Crippen LogP contribution in [-0.4, -0.2) is 72.4 Å². The van der Waals surface area contributed by atoms with Gasteiger partial charge in [0.2, 0.25) is 0 Å². The number of rotatable bonds is 7. The molecule has 0 spiro atoms. The summed E-state index contributed by atoms with van der Waals surface area (Å²) in [5, 5.41) is 8.92. The molecule has 1 saturated heterocycles. The number of nitrogens with zero attached hydrogens (tertiary/aromatic N) is 2. The monoisotopic (exact) mass is 453 g/mol. The van der Waals surface area contributed by atoms with E-state index in [1.165, 1.54) is 4.88 Å². The highest BCUT2D eigenvalue weighted by Crippen LogP contribution is 2.29. The van der Waals surface area contributed by atoms with E-state index in [1.54, 1.807) is 11.3 Å². The number of nitrogens with one attached hydrogen (secondary N) is 3. The molecule has 0 unspecified atom stereocenters. The SMILES string of the molecule is C[C@@H](NC(=O)C(=O)NCCc1c[nH]c2ccccc12)[C@@H](c1cccs1)N1CCN(C)CC1. The minimum atomic E-state index is -0.583. The highest BCUT2D eigenvalue weighted by molar-refractivity contribution is 7.10. The number of carbonyl (C=O) groups is 2. The van der Waals surface area contributed by atoms with Gasteiger partial charge < -0.3 is 20.5 Å². The van der Waals surface area contributed by atoms with Gasteiger partial charge in [-0.05, 0) is 43.5 Å². The minimum absolute atomic E-state index is 0.0617. The Kier molecular flexibility index (Phi) is 7.24.